The van der Waals surface area contributed by atoms with E-state index in [2.05, 4.69) is 5.32 Å². The minimum absolute atomic E-state index is 0.288. The number of carbonyl (C=O) groups excluding carboxylic acids is 1. The summed E-state index contributed by atoms with van der Waals surface area (Å²) in [6.45, 7) is 4.00. The van der Waals surface area contributed by atoms with Gasteiger partial charge in [0.2, 0.25) is 0 Å². The predicted molar refractivity (Wildman–Crippen MR) is 62.1 cm³/mol. The molecule has 0 spiro atoms. The van der Waals surface area contributed by atoms with Gasteiger partial charge in [0.25, 0.3) is 11.7 Å². The van der Waals surface area contributed by atoms with Crippen molar-refractivity contribution >= 4 is 11.6 Å². The average Bonchev–Trinajstić information content (AvgIpc) is 2.64. The second-order valence-electron chi connectivity index (χ2n) is 3.02. The number of fused-ring (bicyclic) bond motifs is 1. The van der Waals surface area contributed by atoms with E-state index < -0.39 is 5.79 Å². The summed E-state index contributed by atoms with van der Waals surface area (Å²) in [5.41, 5.74) is 1.45. The fourth-order valence-electron chi connectivity index (χ4n) is 1.69. The lowest BCUT2D eigenvalue weighted by atomic mass is 10.1. The normalized spacial score (nSPS) is 15.9. The highest BCUT2D eigenvalue weighted by atomic mass is 16.7. The number of para-hydroxylation sites is 1. The van der Waals surface area contributed by atoms with Gasteiger partial charge in [0.05, 0.1) is 5.69 Å². The number of hydrogen-bond donors (Lipinski definition) is 1. The van der Waals surface area contributed by atoms with Gasteiger partial charge in [-0.2, -0.15) is 0 Å². The molecular weight excluding hydrogens is 206 g/mol. The SMILES string of the molecule is CC.COC1(OC)C(=O)Nc2ccccc21. The lowest BCUT2D eigenvalue weighted by Crippen LogP contribution is -2.38. The van der Waals surface area contributed by atoms with Gasteiger partial charge in [-0.3, -0.25) is 4.79 Å². The molecule has 88 valence electrons. The number of amides is 1. The zero-order chi connectivity index (χ0) is 12.2. The lowest BCUT2D eigenvalue weighted by Gasteiger charge is -2.23. The van der Waals surface area contributed by atoms with E-state index in [0.717, 1.165) is 11.3 Å². The Morgan fingerprint density at radius 1 is 1.12 bits per heavy atom. The van der Waals surface area contributed by atoms with Gasteiger partial charge in [0.15, 0.2) is 0 Å². The number of benzene rings is 1. The molecule has 1 N–H and O–H groups in total. The van der Waals surface area contributed by atoms with Crippen LogP contribution in [0.25, 0.3) is 0 Å². The van der Waals surface area contributed by atoms with Crippen LogP contribution in [0.15, 0.2) is 24.3 Å². The first-order chi connectivity index (χ1) is 7.74. The Morgan fingerprint density at radius 3 is 2.25 bits per heavy atom. The van der Waals surface area contributed by atoms with E-state index in [1.165, 1.54) is 14.2 Å². The molecule has 0 aliphatic carbocycles. The Bertz CT molecular complexity index is 372. The molecule has 4 heteroatoms. The summed E-state index contributed by atoms with van der Waals surface area (Å²) in [6, 6.07) is 7.31. The molecule has 0 aromatic heterocycles. The fraction of sp³-hybridized carbons (Fsp3) is 0.417. The summed E-state index contributed by atoms with van der Waals surface area (Å²) < 4.78 is 10.3. The number of anilines is 1. The van der Waals surface area contributed by atoms with Gasteiger partial charge in [-0.05, 0) is 6.07 Å². The van der Waals surface area contributed by atoms with Crippen molar-refractivity contribution in [1.82, 2.24) is 0 Å². The van der Waals surface area contributed by atoms with Crippen molar-refractivity contribution in [2.24, 2.45) is 0 Å². The summed E-state index contributed by atoms with van der Waals surface area (Å²) >= 11 is 0. The standard InChI is InChI=1S/C10H11NO3.C2H6/c1-13-10(14-2)7-5-3-4-6-8(7)11-9(10)12;1-2/h3-6H,1-2H3,(H,11,12);1-2H3. The largest absolute Gasteiger partial charge is 0.342 e. The van der Waals surface area contributed by atoms with E-state index in [0.29, 0.717) is 0 Å². The van der Waals surface area contributed by atoms with E-state index in [4.69, 9.17) is 9.47 Å². The molecule has 16 heavy (non-hydrogen) atoms. The highest BCUT2D eigenvalue weighted by Gasteiger charge is 2.47. The summed E-state index contributed by atoms with van der Waals surface area (Å²) in [6.07, 6.45) is 0. The first-order valence-electron chi connectivity index (χ1n) is 5.26. The summed E-state index contributed by atoms with van der Waals surface area (Å²) in [5, 5.41) is 2.70. The highest BCUT2D eigenvalue weighted by molar-refractivity contribution is 6.03. The third kappa shape index (κ3) is 1.70. The fourth-order valence-corrected chi connectivity index (χ4v) is 1.69. The van der Waals surface area contributed by atoms with E-state index in [9.17, 15) is 4.79 Å². The van der Waals surface area contributed by atoms with Gasteiger partial charge in [0.1, 0.15) is 0 Å². The first kappa shape index (κ1) is 12.7. The molecule has 1 aromatic carbocycles. The number of rotatable bonds is 2. The highest BCUT2D eigenvalue weighted by Crippen LogP contribution is 2.38. The van der Waals surface area contributed by atoms with Gasteiger partial charge in [-0.25, -0.2) is 0 Å². The average molecular weight is 223 g/mol. The number of nitrogens with one attached hydrogen (secondary N) is 1. The van der Waals surface area contributed by atoms with Crippen LogP contribution in [0.3, 0.4) is 0 Å². The monoisotopic (exact) mass is 223 g/mol. The molecule has 0 fully saturated rings. The van der Waals surface area contributed by atoms with Crippen LogP contribution in [0.4, 0.5) is 5.69 Å². The molecule has 1 heterocycles. The second kappa shape index (κ2) is 5.09. The maximum atomic E-state index is 11.7. The Labute approximate surface area is 95.6 Å². The minimum Gasteiger partial charge on any atom is -0.342 e. The first-order valence-corrected chi connectivity index (χ1v) is 5.26. The van der Waals surface area contributed by atoms with Crippen LogP contribution in [-0.4, -0.2) is 20.1 Å². The third-order valence-corrected chi connectivity index (χ3v) is 2.40. The van der Waals surface area contributed by atoms with Crippen molar-refractivity contribution < 1.29 is 14.3 Å². The van der Waals surface area contributed by atoms with Crippen molar-refractivity contribution in [3.8, 4) is 0 Å². The van der Waals surface area contributed by atoms with E-state index in [1.54, 1.807) is 6.07 Å². The van der Waals surface area contributed by atoms with Crippen molar-refractivity contribution in [2.75, 3.05) is 19.5 Å². The van der Waals surface area contributed by atoms with Crippen LogP contribution in [0.5, 0.6) is 0 Å². The molecule has 0 radical (unpaired) electrons. The molecule has 1 amide bonds. The Morgan fingerprint density at radius 2 is 1.69 bits per heavy atom. The van der Waals surface area contributed by atoms with E-state index >= 15 is 0 Å². The molecule has 0 saturated heterocycles. The van der Waals surface area contributed by atoms with Crippen LogP contribution >= 0.6 is 0 Å². The van der Waals surface area contributed by atoms with Crippen LogP contribution in [0, 0.1) is 0 Å². The number of hydrogen-bond acceptors (Lipinski definition) is 3. The molecule has 0 atom stereocenters. The van der Waals surface area contributed by atoms with Crippen molar-refractivity contribution in [3.63, 3.8) is 0 Å². The van der Waals surface area contributed by atoms with Gasteiger partial charge in [0, 0.05) is 19.8 Å². The smallest absolute Gasteiger partial charge is 0.289 e. The van der Waals surface area contributed by atoms with Crippen molar-refractivity contribution in [2.45, 2.75) is 19.6 Å². The number of carbonyl (C=O) groups is 1. The summed E-state index contributed by atoms with van der Waals surface area (Å²) in [7, 11) is 2.90. The van der Waals surface area contributed by atoms with E-state index in [-0.39, 0.29) is 5.91 Å². The van der Waals surface area contributed by atoms with Crippen LogP contribution < -0.4 is 5.32 Å². The lowest BCUT2D eigenvalue weighted by molar-refractivity contribution is -0.207. The zero-order valence-electron chi connectivity index (χ0n) is 10.0. The van der Waals surface area contributed by atoms with Crippen molar-refractivity contribution in [1.29, 1.82) is 0 Å². The van der Waals surface area contributed by atoms with Crippen LogP contribution in [0.1, 0.15) is 19.4 Å². The molecule has 2 rings (SSSR count). The van der Waals surface area contributed by atoms with Gasteiger partial charge in [-0.1, -0.05) is 32.0 Å². The van der Waals surface area contributed by atoms with Gasteiger partial charge in [-0.15, -0.1) is 0 Å². The predicted octanol–water partition coefficient (Wildman–Crippen LogP) is 2.11. The molecule has 1 aliphatic heterocycles. The Kier molecular flexibility index (Phi) is 4.04. The van der Waals surface area contributed by atoms with Crippen LogP contribution in [0.2, 0.25) is 0 Å². The Balaban J connectivity index is 0.000000606. The maximum Gasteiger partial charge on any atom is 0.289 e. The summed E-state index contributed by atoms with van der Waals surface area (Å²) in [4.78, 5) is 11.7. The zero-order valence-corrected chi connectivity index (χ0v) is 10.0. The number of ether oxygens (including phenoxy) is 2. The molecule has 1 aliphatic rings. The van der Waals surface area contributed by atoms with Crippen molar-refractivity contribution in [3.05, 3.63) is 29.8 Å². The molecular formula is C12H17NO3. The Hall–Kier alpha value is -1.39. The quantitative estimate of drug-likeness (QED) is 0.781. The molecule has 1 aromatic rings. The second-order valence-corrected chi connectivity index (χ2v) is 3.02. The summed E-state index contributed by atoms with van der Waals surface area (Å²) in [5.74, 6) is -1.57. The van der Waals surface area contributed by atoms with Gasteiger partial charge >= 0.3 is 0 Å². The van der Waals surface area contributed by atoms with Crippen LogP contribution in [-0.2, 0) is 20.1 Å². The minimum atomic E-state index is -1.28. The molecule has 0 bridgehead atoms. The molecule has 0 unspecified atom stereocenters. The molecule has 4 nitrogen and oxygen atoms in total. The number of methoxy groups -OCH3 is 2. The third-order valence-electron chi connectivity index (χ3n) is 2.40. The van der Waals surface area contributed by atoms with E-state index in [1.807, 2.05) is 32.0 Å². The van der Waals surface area contributed by atoms with Gasteiger partial charge < -0.3 is 14.8 Å². The maximum absolute atomic E-state index is 11.7. The molecule has 0 saturated carbocycles. The topological polar surface area (TPSA) is 47.6 Å².